The largest absolute Gasteiger partial charge is 0.508 e. The molecule has 0 aliphatic carbocycles. The summed E-state index contributed by atoms with van der Waals surface area (Å²) in [5.74, 6) is -1.14. The Balaban J connectivity index is 2.07. The molecule has 2 aromatic rings. The molecule has 2 N–H and O–H groups in total. The number of phenolic OH excluding ortho intramolecular Hbond substituents is 1. The van der Waals surface area contributed by atoms with E-state index in [9.17, 15) is 14.7 Å². The van der Waals surface area contributed by atoms with Crippen molar-refractivity contribution in [3.63, 3.8) is 0 Å². The first-order valence-corrected chi connectivity index (χ1v) is 6.03. The van der Waals surface area contributed by atoms with Crippen LogP contribution in [0.4, 0.5) is 0 Å². The summed E-state index contributed by atoms with van der Waals surface area (Å²) in [6.07, 6.45) is 1.58. The molecule has 0 amide bonds. The molecule has 0 spiro atoms. The molecule has 0 unspecified atom stereocenters. The van der Waals surface area contributed by atoms with Crippen molar-refractivity contribution in [2.45, 2.75) is 12.8 Å². The fourth-order valence-corrected chi connectivity index (χ4v) is 1.86. The summed E-state index contributed by atoms with van der Waals surface area (Å²) in [7, 11) is 0. The fourth-order valence-electron chi connectivity index (χ4n) is 1.86. The lowest BCUT2D eigenvalue weighted by molar-refractivity contribution is -0.117. The van der Waals surface area contributed by atoms with Gasteiger partial charge in [-0.25, -0.2) is 9.78 Å². The van der Waals surface area contributed by atoms with E-state index in [1.54, 1.807) is 24.3 Å². The highest BCUT2D eigenvalue weighted by atomic mass is 16.4. The molecule has 0 saturated carbocycles. The van der Waals surface area contributed by atoms with Gasteiger partial charge in [0.05, 0.1) is 0 Å². The molecule has 0 aliphatic rings. The fraction of sp³-hybridized carbons (Fsp3) is 0.133. The third kappa shape index (κ3) is 3.41. The number of aromatic carboxylic acids is 1. The van der Waals surface area contributed by atoms with Gasteiger partial charge in [-0.05, 0) is 23.8 Å². The average Bonchev–Trinajstić information content (AvgIpc) is 2.41. The number of pyridine rings is 1. The van der Waals surface area contributed by atoms with Crippen LogP contribution in [0.2, 0.25) is 0 Å². The molecule has 20 heavy (non-hydrogen) atoms. The van der Waals surface area contributed by atoms with Crippen molar-refractivity contribution < 1.29 is 19.8 Å². The van der Waals surface area contributed by atoms with E-state index in [1.165, 1.54) is 18.3 Å². The molecule has 0 radical (unpaired) electrons. The smallest absolute Gasteiger partial charge is 0.354 e. The van der Waals surface area contributed by atoms with Gasteiger partial charge < -0.3 is 10.2 Å². The van der Waals surface area contributed by atoms with Crippen molar-refractivity contribution in [1.82, 2.24) is 4.98 Å². The topological polar surface area (TPSA) is 87.5 Å². The van der Waals surface area contributed by atoms with E-state index in [0.29, 0.717) is 11.1 Å². The van der Waals surface area contributed by atoms with Gasteiger partial charge >= 0.3 is 5.97 Å². The number of ketones is 1. The van der Waals surface area contributed by atoms with Crippen molar-refractivity contribution >= 4 is 11.8 Å². The maximum absolute atomic E-state index is 11.9. The summed E-state index contributed by atoms with van der Waals surface area (Å²) in [4.78, 5) is 26.4. The minimum Gasteiger partial charge on any atom is -0.508 e. The van der Waals surface area contributed by atoms with Crippen LogP contribution >= 0.6 is 0 Å². The quantitative estimate of drug-likeness (QED) is 0.866. The molecule has 0 saturated heterocycles. The number of para-hydroxylation sites is 1. The summed E-state index contributed by atoms with van der Waals surface area (Å²) >= 11 is 0. The molecule has 102 valence electrons. The standard InChI is InChI=1S/C15H13NO4/c17-12(9-11-3-1-2-4-14(11)18)7-10-5-6-16-13(8-10)15(19)20/h1-6,8,18H,7,9H2,(H,19,20). The lowest BCUT2D eigenvalue weighted by atomic mass is 10.0. The second-order valence-electron chi connectivity index (χ2n) is 4.38. The Hall–Kier alpha value is -2.69. The number of hydrogen-bond donors (Lipinski definition) is 2. The molecule has 5 heteroatoms. The van der Waals surface area contributed by atoms with E-state index in [1.807, 2.05) is 0 Å². The van der Waals surface area contributed by atoms with Gasteiger partial charge in [0.2, 0.25) is 0 Å². The Morgan fingerprint density at radius 3 is 2.55 bits per heavy atom. The Bertz CT molecular complexity index is 652. The van der Waals surface area contributed by atoms with E-state index >= 15 is 0 Å². The average molecular weight is 271 g/mol. The number of carboxylic acid groups (broad SMARTS) is 1. The highest BCUT2D eigenvalue weighted by Crippen LogP contribution is 2.17. The number of carbonyl (C=O) groups is 2. The van der Waals surface area contributed by atoms with E-state index in [4.69, 9.17) is 5.11 Å². The van der Waals surface area contributed by atoms with Crippen LogP contribution in [0.5, 0.6) is 5.75 Å². The zero-order chi connectivity index (χ0) is 14.5. The third-order valence-corrected chi connectivity index (χ3v) is 2.82. The summed E-state index contributed by atoms with van der Waals surface area (Å²) in [5.41, 5.74) is 1.07. The van der Waals surface area contributed by atoms with Gasteiger partial charge in [0, 0.05) is 24.6 Å². The molecule has 1 aromatic carbocycles. The Morgan fingerprint density at radius 2 is 1.85 bits per heavy atom. The first kappa shape index (κ1) is 13.7. The second-order valence-corrected chi connectivity index (χ2v) is 4.38. The van der Waals surface area contributed by atoms with Gasteiger partial charge in [-0.2, -0.15) is 0 Å². The highest BCUT2D eigenvalue weighted by Gasteiger charge is 2.10. The van der Waals surface area contributed by atoms with E-state index in [0.717, 1.165) is 0 Å². The van der Waals surface area contributed by atoms with Crippen LogP contribution in [0.3, 0.4) is 0 Å². The van der Waals surface area contributed by atoms with Crippen LogP contribution in [0.15, 0.2) is 42.6 Å². The lowest BCUT2D eigenvalue weighted by Gasteiger charge is -2.04. The summed E-state index contributed by atoms with van der Waals surface area (Å²) in [6.45, 7) is 0. The van der Waals surface area contributed by atoms with Crippen LogP contribution in [0.1, 0.15) is 21.6 Å². The number of benzene rings is 1. The first-order chi connectivity index (χ1) is 9.56. The molecule has 2 rings (SSSR count). The number of phenols is 1. The summed E-state index contributed by atoms with van der Waals surface area (Å²) < 4.78 is 0. The number of hydrogen-bond acceptors (Lipinski definition) is 4. The number of nitrogens with zero attached hydrogens (tertiary/aromatic N) is 1. The Labute approximate surface area is 115 Å². The maximum atomic E-state index is 11.9. The van der Waals surface area contributed by atoms with Gasteiger partial charge in [-0.3, -0.25) is 4.79 Å². The predicted molar refractivity (Wildman–Crippen MR) is 71.7 cm³/mol. The predicted octanol–water partition coefficient (Wildman–Crippen LogP) is 1.84. The number of aromatic nitrogens is 1. The van der Waals surface area contributed by atoms with Gasteiger partial charge in [-0.1, -0.05) is 18.2 Å². The Kier molecular flexibility index (Phi) is 4.10. The van der Waals surface area contributed by atoms with E-state index in [2.05, 4.69) is 4.98 Å². The van der Waals surface area contributed by atoms with E-state index < -0.39 is 5.97 Å². The van der Waals surface area contributed by atoms with Crippen LogP contribution in [-0.2, 0) is 17.6 Å². The molecule has 0 bridgehead atoms. The third-order valence-electron chi connectivity index (χ3n) is 2.82. The zero-order valence-corrected chi connectivity index (χ0v) is 10.6. The monoisotopic (exact) mass is 271 g/mol. The normalized spacial score (nSPS) is 10.2. The number of rotatable bonds is 5. The van der Waals surface area contributed by atoms with Crippen LogP contribution < -0.4 is 0 Å². The molecule has 0 aliphatic heterocycles. The van der Waals surface area contributed by atoms with Gasteiger partial charge in [0.1, 0.15) is 17.2 Å². The Morgan fingerprint density at radius 1 is 1.10 bits per heavy atom. The molecule has 0 atom stereocenters. The maximum Gasteiger partial charge on any atom is 0.354 e. The summed E-state index contributed by atoms with van der Waals surface area (Å²) in [6, 6.07) is 9.63. The zero-order valence-electron chi connectivity index (χ0n) is 10.6. The molecule has 1 aromatic heterocycles. The number of carboxylic acids is 1. The number of carbonyl (C=O) groups excluding carboxylic acids is 1. The van der Waals surface area contributed by atoms with Crippen LogP contribution in [-0.4, -0.2) is 26.9 Å². The molecular weight excluding hydrogens is 258 g/mol. The van der Waals surface area contributed by atoms with E-state index in [-0.39, 0.29) is 30.1 Å². The van der Waals surface area contributed by atoms with Crippen molar-refractivity contribution in [3.05, 3.63) is 59.4 Å². The van der Waals surface area contributed by atoms with Gasteiger partial charge in [0.25, 0.3) is 0 Å². The summed E-state index contributed by atoms with van der Waals surface area (Å²) in [5, 5.41) is 18.4. The van der Waals surface area contributed by atoms with Crippen molar-refractivity contribution in [2.75, 3.05) is 0 Å². The van der Waals surface area contributed by atoms with Crippen molar-refractivity contribution in [3.8, 4) is 5.75 Å². The molecular formula is C15H13NO4. The highest BCUT2D eigenvalue weighted by molar-refractivity contribution is 5.87. The van der Waals surface area contributed by atoms with Gasteiger partial charge in [0.15, 0.2) is 0 Å². The lowest BCUT2D eigenvalue weighted by Crippen LogP contribution is -2.08. The van der Waals surface area contributed by atoms with Crippen LogP contribution in [0.25, 0.3) is 0 Å². The minimum atomic E-state index is -1.12. The second kappa shape index (κ2) is 5.97. The van der Waals surface area contributed by atoms with Crippen LogP contribution in [0, 0.1) is 0 Å². The van der Waals surface area contributed by atoms with Gasteiger partial charge in [-0.15, -0.1) is 0 Å². The van der Waals surface area contributed by atoms with Crippen molar-refractivity contribution in [2.24, 2.45) is 0 Å². The van der Waals surface area contributed by atoms with Crippen molar-refractivity contribution in [1.29, 1.82) is 0 Å². The molecule has 5 nitrogen and oxygen atoms in total. The number of Topliss-reactive ketones (excluding diaryl/α,β-unsaturated/α-hetero) is 1. The molecule has 0 fully saturated rings. The molecule has 1 heterocycles. The minimum absolute atomic E-state index is 0.0850. The SMILES string of the molecule is O=C(Cc1ccnc(C(=O)O)c1)Cc1ccccc1O. The number of aromatic hydroxyl groups is 1. The first-order valence-electron chi connectivity index (χ1n) is 6.03.